The van der Waals surface area contributed by atoms with Crippen molar-refractivity contribution in [2.45, 2.75) is 17.2 Å². The first-order valence-electron chi connectivity index (χ1n) is 10.3. The lowest BCUT2D eigenvalue weighted by atomic mass is 10.1. The van der Waals surface area contributed by atoms with Gasteiger partial charge in [0.2, 0.25) is 16.1 Å². The summed E-state index contributed by atoms with van der Waals surface area (Å²) >= 11 is 5.69. The number of anilines is 1. The summed E-state index contributed by atoms with van der Waals surface area (Å²) in [6.07, 6.45) is -6.42. The lowest BCUT2D eigenvalue weighted by Gasteiger charge is -2.20. The first kappa shape index (κ1) is 27.2. The molecule has 12 heteroatoms. The highest BCUT2D eigenvalue weighted by atomic mass is 35.5. The molecule has 0 bridgehead atoms. The maximum atomic E-state index is 13.5. The molecule has 3 aromatic rings. The van der Waals surface area contributed by atoms with Crippen molar-refractivity contribution in [3.05, 3.63) is 94.5 Å². The molecule has 1 N–H and O–H groups in total. The summed E-state index contributed by atoms with van der Waals surface area (Å²) in [4.78, 5) is 25.8. The van der Waals surface area contributed by atoms with Gasteiger partial charge in [0.05, 0.1) is 21.7 Å². The number of hydrogen-bond acceptors (Lipinski definition) is 5. The second-order valence-electron chi connectivity index (χ2n) is 7.68. The van der Waals surface area contributed by atoms with Crippen molar-refractivity contribution in [3.63, 3.8) is 0 Å². The van der Waals surface area contributed by atoms with Gasteiger partial charge in [-0.15, -0.1) is 0 Å². The van der Waals surface area contributed by atoms with Crippen LogP contribution >= 0.6 is 11.6 Å². The third-order valence-electron chi connectivity index (χ3n) is 4.98. The maximum Gasteiger partial charge on any atom is 0.418 e. The number of halogens is 4. The van der Waals surface area contributed by atoms with E-state index in [1.165, 1.54) is 56.6 Å². The summed E-state index contributed by atoms with van der Waals surface area (Å²) < 4.78 is 71.2. The summed E-state index contributed by atoms with van der Waals surface area (Å²) in [6.45, 7) is 0. The van der Waals surface area contributed by atoms with Gasteiger partial charge < -0.3 is 10.1 Å². The fourth-order valence-electron chi connectivity index (χ4n) is 3.11. The number of carbonyl (C=O) groups is 2. The highest BCUT2D eigenvalue weighted by Crippen LogP contribution is 2.37. The summed E-state index contributed by atoms with van der Waals surface area (Å²) in [6, 6.07) is 15.4. The van der Waals surface area contributed by atoms with Gasteiger partial charge in [-0.05, 0) is 42.5 Å². The van der Waals surface area contributed by atoms with Gasteiger partial charge in [-0.3, -0.25) is 4.79 Å². The van der Waals surface area contributed by atoms with Crippen molar-refractivity contribution in [1.29, 1.82) is 0 Å². The van der Waals surface area contributed by atoms with Crippen LogP contribution in [-0.4, -0.2) is 38.7 Å². The Bertz CT molecular complexity index is 1360. The van der Waals surface area contributed by atoms with Crippen LogP contribution in [0.4, 0.5) is 18.9 Å². The zero-order valence-electron chi connectivity index (χ0n) is 18.9. The molecule has 1 amide bonds. The molecule has 3 aromatic carbocycles. The molecule has 36 heavy (non-hydrogen) atoms. The van der Waals surface area contributed by atoms with Gasteiger partial charge in [0.25, 0.3) is 5.91 Å². The fraction of sp³-hybridized carbons (Fsp3) is 0.167. The summed E-state index contributed by atoms with van der Waals surface area (Å²) in [7, 11) is -1.03. The van der Waals surface area contributed by atoms with E-state index in [2.05, 4.69) is 5.32 Å². The van der Waals surface area contributed by atoms with Crippen molar-refractivity contribution in [2.75, 3.05) is 19.4 Å². The Morgan fingerprint density at radius 2 is 1.58 bits per heavy atom. The first-order valence-corrected chi connectivity index (χ1v) is 12.1. The Hall–Kier alpha value is -3.41. The Kier molecular flexibility index (Phi) is 8.07. The van der Waals surface area contributed by atoms with Crippen LogP contribution in [0.5, 0.6) is 0 Å². The lowest BCUT2D eigenvalue weighted by molar-refractivity contribution is -0.137. The number of sulfonamides is 1. The molecule has 1 atom stereocenters. The number of esters is 1. The van der Waals surface area contributed by atoms with E-state index in [9.17, 15) is 31.2 Å². The van der Waals surface area contributed by atoms with Crippen molar-refractivity contribution >= 4 is 39.2 Å². The molecule has 0 radical (unpaired) electrons. The number of benzene rings is 3. The van der Waals surface area contributed by atoms with Crippen LogP contribution in [-0.2, 0) is 25.7 Å². The van der Waals surface area contributed by atoms with Crippen molar-refractivity contribution in [2.24, 2.45) is 0 Å². The minimum atomic E-state index is -4.80. The molecule has 0 aliphatic heterocycles. The largest absolute Gasteiger partial charge is 0.444 e. The van der Waals surface area contributed by atoms with Gasteiger partial charge >= 0.3 is 12.1 Å². The van der Waals surface area contributed by atoms with Crippen molar-refractivity contribution in [3.8, 4) is 0 Å². The molecule has 0 aliphatic carbocycles. The number of rotatable bonds is 7. The van der Waals surface area contributed by atoms with Crippen molar-refractivity contribution in [1.82, 2.24) is 4.31 Å². The third kappa shape index (κ3) is 6.23. The van der Waals surface area contributed by atoms with Crippen molar-refractivity contribution < 1.29 is 35.9 Å². The molecule has 3 rings (SSSR count). The average molecular weight is 541 g/mol. The van der Waals surface area contributed by atoms with Crippen LogP contribution in [0.2, 0.25) is 5.02 Å². The van der Waals surface area contributed by atoms with Gasteiger partial charge in [0, 0.05) is 24.7 Å². The van der Waals surface area contributed by atoms with E-state index >= 15 is 0 Å². The van der Waals surface area contributed by atoms with E-state index < -0.39 is 45.4 Å². The number of amides is 1. The standard InChI is InChI=1S/C24H20ClF3N2O5S/c1-30(2)36(33,34)18-11-8-16(9-12-18)23(32)35-21(15-6-4-3-5-7-15)22(31)29-20-13-10-17(25)14-19(20)24(26,27)28/h3-14,21H,1-2H3,(H,29,31)/t21-/m1/s1. The number of alkyl halides is 3. The molecular formula is C24H20ClF3N2O5S. The molecule has 0 fully saturated rings. The minimum absolute atomic E-state index is 0.0658. The molecule has 0 spiro atoms. The summed E-state index contributed by atoms with van der Waals surface area (Å²) in [5, 5.41) is 1.99. The molecule has 0 saturated heterocycles. The number of nitrogens with zero attached hydrogens (tertiary/aromatic N) is 1. The highest BCUT2D eigenvalue weighted by Gasteiger charge is 2.35. The van der Waals surface area contributed by atoms with E-state index in [0.29, 0.717) is 6.07 Å². The molecule has 0 unspecified atom stereocenters. The molecular weight excluding hydrogens is 521 g/mol. The molecule has 0 aliphatic rings. The van der Waals surface area contributed by atoms with Crippen LogP contribution in [0.1, 0.15) is 27.6 Å². The molecule has 0 saturated carbocycles. The van der Waals surface area contributed by atoms with Gasteiger partial charge in [-0.1, -0.05) is 41.9 Å². The van der Waals surface area contributed by atoms with Crippen LogP contribution in [0.3, 0.4) is 0 Å². The molecule has 0 heterocycles. The van der Waals surface area contributed by atoms with Gasteiger partial charge in [0.1, 0.15) is 0 Å². The molecule has 0 aromatic heterocycles. The fourth-order valence-corrected chi connectivity index (χ4v) is 4.18. The number of nitrogens with one attached hydrogen (secondary N) is 1. The second-order valence-corrected chi connectivity index (χ2v) is 10.3. The monoisotopic (exact) mass is 540 g/mol. The smallest absolute Gasteiger partial charge is 0.418 e. The normalized spacial score (nSPS) is 12.8. The average Bonchev–Trinajstić information content (AvgIpc) is 2.83. The Balaban J connectivity index is 1.90. The van der Waals surface area contributed by atoms with Gasteiger partial charge in [-0.25, -0.2) is 17.5 Å². The number of hydrogen-bond donors (Lipinski definition) is 1. The summed E-state index contributed by atoms with van der Waals surface area (Å²) in [5.41, 5.74) is -1.59. The molecule has 7 nitrogen and oxygen atoms in total. The van der Waals surface area contributed by atoms with E-state index in [4.69, 9.17) is 16.3 Å². The van der Waals surface area contributed by atoms with Crippen LogP contribution in [0, 0.1) is 0 Å². The van der Waals surface area contributed by atoms with Gasteiger partial charge in [0.15, 0.2) is 0 Å². The Morgan fingerprint density at radius 3 is 2.14 bits per heavy atom. The number of carbonyl (C=O) groups excluding carboxylic acids is 2. The van der Waals surface area contributed by atoms with E-state index in [1.54, 1.807) is 18.2 Å². The lowest BCUT2D eigenvalue weighted by Crippen LogP contribution is -2.27. The topological polar surface area (TPSA) is 92.8 Å². The predicted octanol–water partition coefficient (Wildman–Crippen LogP) is 5.15. The van der Waals surface area contributed by atoms with Crippen LogP contribution < -0.4 is 5.32 Å². The summed E-state index contributed by atoms with van der Waals surface area (Å²) in [5.74, 6) is -2.02. The number of ether oxygens (including phenoxy) is 1. The molecule has 190 valence electrons. The Morgan fingerprint density at radius 1 is 0.972 bits per heavy atom. The van der Waals surface area contributed by atoms with Gasteiger partial charge in [-0.2, -0.15) is 13.2 Å². The second kappa shape index (κ2) is 10.7. The quantitative estimate of drug-likeness (QED) is 0.419. The first-order chi connectivity index (χ1) is 16.8. The SMILES string of the molecule is CN(C)S(=O)(=O)c1ccc(C(=O)O[C@@H](C(=O)Nc2ccc(Cl)cc2C(F)(F)F)c2ccccc2)cc1. The van der Waals surface area contributed by atoms with E-state index in [0.717, 1.165) is 10.4 Å². The maximum absolute atomic E-state index is 13.5. The highest BCUT2D eigenvalue weighted by molar-refractivity contribution is 7.89. The zero-order chi connectivity index (χ0) is 26.7. The zero-order valence-corrected chi connectivity index (χ0v) is 20.5. The van der Waals surface area contributed by atoms with E-state index in [1.807, 2.05) is 0 Å². The minimum Gasteiger partial charge on any atom is -0.444 e. The van der Waals surface area contributed by atoms with Crippen LogP contribution in [0.25, 0.3) is 0 Å². The van der Waals surface area contributed by atoms with E-state index in [-0.39, 0.29) is 21.0 Å². The van der Waals surface area contributed by atoms with Crippen LogP contribution in [0.15, 0.2) is 77.7 Å². The Labute approximate surface area is 210 Å². The predicted molar refractivity (Wildman–Crippen MR) is 127 cm³/mol. The third-order valence-corrected chi connectivity index (χ3v) is 7.04.